The fourth-order valence-corrected chi connectivity index (χ4v) is 3.83. The molecular formula is C26H31F. The van der Waals surface area contributed by atoms with Crippen LogP contribution in [0.5, 0.6) is 0 Å². The van der Waals surface area contributed by atoms with Gasteiger partial charge in [-0.05, 0) is 79.3 Å². The predicted octanol–water partition coefficient (Wildman–Crippen LogP) is 7.40. The Bertz CT molecular complexity index is 783. The molecule has 0 nitrogen and oxygen atoms in total. The normalized spacial score (nSPS) is 19.4. The van der Waals surface area contributed by atoms with E-state index >= 15 is 0 Å². The molecule has 0 radical (unpaired) electrons. The third-order valence-corrected chi connectivity index (χ3v) is 5.76. The minimum absolute atomic E-state index is 0.0843. The number of benzene rings is 2. The topological polar surface area (TPSA) is 0 Å². The Hall–Kier alpha value is -2.07. The number of halogens is 1. The first-order valence-corrected chi connectivity index (χ1v) is 10.6. The van der Waals surface area contributed by atoms with Crippen molar-refractivity contribution < 1.29 is 4.39 Å². The minimum Gasteiger partial charge on any atom is -0.207 e. The molecule has 27 heavy (non-hydrogen) atoms. The summed E-state index contributed by atoms with van der Waals surface area (Å²) in [6.45, 7) is 4.51. The van der Waals surface area contributed by atoms with E-state index in [-0.39, 0.29) is 5.82 Å². The number of unbranched alkanes of at least 4 members (excludes halogenated alkanes) is 2. The van der Waals surface area contributed by atoms with Crippen molar-refractivity contribution in [2.75, 3.05) is 0 Å². The maximum Gasteiger partial charge on any atom is 0.127 e. The molecule has 2 aromatic rings. The lowest BCUT2D eigenvalue weighted by Gasteiger charge is -2.21. The lowest BCUT2D eigenvalue weighted by Crippen LogP contribution is -2.10. The molecule has 2 aromatic carbocycles. The van der Waals surface area contributed by atoms with Gasteiger partial charge in [-0.2, -0.15) is 0 Å². The molecule has 3 rings (SSSR count). The third-order valence-electron chi connectivity index (χ3n) is 5.76. The second-order valence-corrected chi connectivity index (χ2v) is 8.07. The van der Waals surface area contributed by atoms with Crippen LogP contribution in [-0.2, 0) is 6.42 Å². The van der Waals surface area contributed by atoms with E-state index in [4.69, 9.17) is 0 Å². The predicted molar refractivity (Wildman–Crippen MR) is 113 cm³/mol. The van der Waals surface area contributed by atoms with Crippen LogP contribution in [0.15, 0.2) is 42.5 Å². The van der Waals surface area contributed by atoms with Crippen LogP contribution in [-0.4, -0.2) is 0 Å². The van der Waals surface area contributed by atoms with Crippen molar-refractivity contribution in [3.05, 3.63) is 59.4 Å². The molecular weight excluding hydrogens is 331 g/mol. The van der Waals surface area contributed by atoms with Gasteiger partial charge in [0.1, 0.15) is 5.82 Å². The molecule has 0 N–H and O–H groups in total. The first kappa shape index (κ1) is 19.7. The Kier molecular flexibility index (Phi) is 7.11. The first-order valence-electron chi connectivity index (χ1n) is 10.6. The van der Waals surface area contributed by atoms with Crippen LogP contribution >= 0.6 is 0 Å². The maximum absolute atomic E-state index is 14.4. The van der Waals surface area contributed by atoms with Crippen molar-refractivity contribution >= 4 is 0 Å². The molecule has 0 spiro atoms. The largest absolute Gasteiger partial charge is 0.207 e. The zero-order valence-corrected chi connectivity index (χ0v) is 16.7. The number of aryl methyl sites for hydroxylation is 1. The Morgan fingerprint density at radius 3 is 2.30 bits per heavy atom. The summed E-state index contributed by atoms with van der Waals surface area (Å²) in [5.74, 6) is 8.11. The van der Waals surface area contributed by atoms with Crippen LogP contribution < -0.4 is 0 Å². The van der Waals surface area contributed by atoms with Crippen LogP contribution in [0.1, 0.15) is 69.9 Å². The standard InChI is InChI=1S/C26H31F/c1-3-4-5-6-24-17-18-25(19-26(24)27)23-15-13-22(14-16-23)12-11-21-9-7-20(2)8-10-21/h13-21H,3-10H2,1-2H3. The zero-order chi connectivity index (χ0) is 19.1. The molecule has 0 unspecified atom stereocenters. The van der Waals surface area contributed by atoms with Crippen molar-refractivity contribution in [2.24, 2.45) is 11.8 Å². The van der Waals surface area contributed by atoms with Crippen LogP contribution in [0.2, 0.25) is 0 Å². The van der Waals surface area contributed by atoms with Crippen molar-refractivity contribution in [1.82, 2.24) is 0 Å². The summed E-state index contributed by atoms with van der Waals surface area (Å²) >= 11 is 0. The highest BCUT2D eigenvalue weighted by Crippen LogP contribution is 2.28. The van der Waals surface area contributed by atoms with E-state index in [0.29, 0.717) is 5.92 Å². The summed E-state index contributed by atoms with van der Waals surface area (Å²) in [6.07, 6.45) is 9.27. The SMILES string of the molecule is CCCCCc1ccc(-c2ccc(C#CC3CCC(C)CC3)cc2)cc1F. The van der Waals surface area contributed by atoms with E-state index < -0.39 is 0 Å². The van der Waals surface area contributed by atoms with E-state index in [9.17, 15) is 4.39 Å². The second-order valence-electron chi connectivity index (χ2n) is 8.07. The van der Waals surface area contributed by atoms with Gasteiger partial charge < -0.3 is 0 Å². The Balaban J connectivity index is 1.64. The van der Waals surface area contributed by atoms with Crippen molar-refractivity contribution in [2.45, 2.75) is 65.2 Å². The van der Waals surface area contributed by atoms with Gasteiger partial charge in [0, 0.05) is 11.5 Å². The molecule has 0 heterocycles. The van der Waals surface area contributed by atoms with Gasteiger partial charge in [0.25, 0.3) is 0 Å². The van der Waals surface area contributed by atoms with E-state index in [2.05, 4.69) is 50.0 Å². The van der Waals surface area contributed by atoms with Gasteiger partial charge in [-0.25, -0.2) is 4.39 Å². The number of hydrogen-bond acceptors (Lipinski definition) is 0. The summed E-state index contributed by atoms with van der Waals surface area (Å²) in [7, 11) is 0. The Labute approximate surface area is 164 Å². The monoisotopic (exact) mass is 362 g/mol. The molecule has 1 heteroatoms. The first-order chi connectivity index (χ1) is 13.2. The lowest BCUT2D eigenvalue weighted by molar-refractivity contribution is 0.337. The third kappa shape index (κ3) is 5.70. The summed E-state index contributed by atoms with van der Waals surface area (Å²) < 4.78 is 14.4. The molecule has 0 amide bonds. The average molecular weight is 363 g/mol. The van der Waals surface area contributed by atoms with Crippen LogP contribution in [0.25, 0.3) is 11.1 Å². The van der Waals surface area contributed by atoms with Gasteiger partial charge in [-0.3, -0.25) is 0 Å². The van der Waals surface area contributed by atoms with Crippen molar-refractivity contribution in [1.29, 1.82) is 0 Å². The lowest BCUT2D eigenvalue weighted by atomic mass is 9.83. The molecule has 1 aliphatic carbocycles. The number of hydrogen-bond donors (Lipinski definition) is 0. The average Bonchev–Trinajstić information content (AvgIpc) is 2.69. The van der Waals surface area contributed by atoms with E-state index in [1.807, 2.05) is 12.1 Å². The molecule has 1 fully saturated rings. The van der Waals surface area contributed by atoms with Gasteiger partial charge in [0.15, 0.2) is 0 Å². The molecule has 1 aliphatic rings. The molecule has 1 saturated carbocycles. The number of rotatable bonds is 5. The minimum atomic E-state index is -0.0843. The van der Waals surface area contributed by atoms with Crippen molar-refractivity contribution in [3.63, 3.8) is 0 Å². The molecule has 0 atom stereocenters. The fourth-order valence-electron chi connectivity index (χ4n) is 3.83. The fraction of sp³-hybridized carbons (Fsp3) is 0.462. The van der Waals surface area contributed by atoms with Gasteiger partial charge in [-0.15, -0.1) is 0 Å². The highest BCUT2D eigenvalue weighted by atomic mass is 19.1. The molecule has 0 saturated heterocycles. The van der Waals surface area contributed by atoms with Crippen LogP contribution in [0.4, 0.5) is 4.39 Å². The second kappa shape index (κ2) is 9.75. The zero-order valence-electron chi connectivity index (χ0n) is 16.7. The highest BCUT2D eigenvalue weighted by Gasteiger charge is 2.15. The molecule has 0 bridgehead atoms. The van der Waals surface area contributed by atoms with E-state index in [1.165, 1.54) is 25.7 Å². The summed E-state index contributed by atoms with van der Waals surface area (Å²) in [5, 5.41) is 0. The van der Waals surface area contributed by atoms with Gasteiger partial charge >= 0.3 is 0 Å². The Morgan fingerprint density at radius 1 is 0.926 bits per heavy atom. The van der Waals surface area contributed by atoms with E-state index in [0.717, 1.165) is 53.9 Å². The molecule has 0 aliphatic heterocycles. The van der Waals surface area contributed by atoms with Crippen LogP contribution in [0, 0.1) is 29.5 Å². The summed E-state index contributed by atoms with van der Waals surface area (Å²) in [4.78, 5) is 0. The van der Waals surface area contributed by atoms with Crippen molar-refractivity contribution in [3.8, 4) is 23.0 Å². The molecule has 0 aromatic heterocycles. The van der Waals surface area contributed by atoms with Gasteiger partial charge in [0.05, 0.1) is 0 Å². The van der Waals surface area contributed by atoms with Crippen LogP contribution in [0.3, 0.4) is 0 Å². The van der Waals surface area contributed by atoms with E-state index in [1.54, 1.807) is 6.07 Å². The smallest absolute Gasteiger partial charge is 0.127 e. The summed E-state index contributed by atoms with van der Waals surface area (Å²) in [5.41, 5.74) is 3.86. The quantitative estimate of drug-likeness (QED) is 0.384. The Morgan fingerprint density at radius 2 is 1.63 bits per heavy atom. The van der Waals surface area contributed by atoms with Gasteiger partial charge in [0.2, 0.25) is 0 Å². The summed E-state index contributed by atoms with van der Waals surface area (Å²) in [6, 6.07) is 13.9. The highest BCUT2D eigenvalue weighted by molar-refractivity contribution is 5.65. The molecule has 142 valence electrons. The van der Waals surface area contributed by atoms with Gasteiger partial charge in [-0.1, -0.05) is 62.8 Å². The maximum atomic E-state index is 14.4.